The van der Waals surface area contributed by atoms with Gasteiger partial charge in [-0.25, -0.2) is 0 Å². The van der Waals surface area contributed by atoms with Crippen molar-refractivity contribution in [1.82, 2.24) is 14.8 Å². The fraction of sp³-hybridized carbons (Fsp3) is 0. The number of carbonyl (C=O) groups is 1. The molecule has 0 spiro atoms. The van der Waals surface area contributed by atoms with Gasteiger partial charge in [-0.05, 0) is 42.5 Å². The Labute approximate surface area is 136 Å². The quantitative estimate of drug-likeness (QED) is 0.779. The number of hydrogen-bond donors (Lipinski definition) is 1. The van der Waals surface area contributed by atoms with Gasteiger partial charge in [0.25, 0.3) is 5.91 Å². The van der Waals surface area contributed by atoms with Crippen LogP contribution in [0.15, 0.2) is 48.5 Å². The van der Waals surface area contributed by atoms with E-state index in [1.54, 1.807) is 48.5 Å². The molecule has 0 fully saturated rings. The summed E-state index contributed by atoms with van der Waals surface area (Å²) in [6, 6.07) is 13.5. The second kappa shape index (κ2) is 5.79. The number of anilines is 1. The summed E-state index contributed by atoms with van der Waals surface area (Å²) in [6.07, 6.45) is 0. The van der Waals surface area contributed by atoms with Gasteiger partial charge in [-0.15, -0.1) is 5.10 Å². The van der Waals surface area contributed by atoms with E-state index in [1.807, 2.05) is 0 Å². The molecule has 0 saturated heterocycles. The highest BCUT2D eigenvalue weighted by Crippen LogP contribution is 2.20. The Bertz CT molecular complexity index is 843. The molecule has 3 aromatic rings. The van der Waals surface area contributed by atoms with Crippen LogP contribution in [0.3, 0.4) is 0 Å². The van der Waals surface area contributed by atoms with Gasteiger partial charge in [-0.1, -0.05) is 29.3 Å². The predicted octanol–water partition coefficient (Wildman–Crippen LogP) is 3.52. The summed E-state index contributed by atoms with van der Waals surface area (Å²) in [5, 5.41) is 5.22. The van der Waals surface area contributed by atoms with Crippen molar-refractivity contribution in [2.45, 2.75) is 0 Å². The van der Waals surface area contributed by atoms with Crippen LogP contribution in [0.2, 0.25) is 10.0 Å². The van der Waals surface area contributed by atoms with Gasteiger partial charge in [0.2, 0.25) is 5.95 Å². The number of benzene rings is 2. The number of nitrogens with two attached hydrogens (primary N) is 1. The predicted molar refractivity (Wildman–Crippen MR) is 86.1 cm³/mol. The van der Waals surface area contributed by atoms with Crippen molar-refractivity contribution in [2.75, 3.05) is 5.73 Å². The average molecular weight is 333 g/mol. The van der Waals surface area contributed by atoms with E-state index in [0.717, 1.165) is 4.68 Å². The Kier molecular flexibility index (Phi) is 3.83. The van der Waals surface area contributed by atoms with Crippen LogP contribution in [0.25, 0.3) is 11.4 Å². The molecule has 2 aromatic carbocycles. The fourth-order valence-electron chi connectivity index (χ4n) is 1.94. The second-order valence-corrected chi connectivity index (χ2v) is 5.40. The number of rotatable bonds is 2. The molecule has 1 heterocycles. The zero-order chi connectivity index (χ0) is 15.7. The maximum Gasteiger partial charge on any atom is 0.281 e. The Morgan fingerprint density at radius 2 is 1.77 bits per heavy atom. The first-order chi connectivity index (χ1) is 10.5. The van der Waals surface area contributed by atoms with Gasteiger partial charge < -0.3 is 5.73 Å². The van der Waals surface area contributed by atoms with E-state index >= 15 is 0 Å². The molecule has 0 aliphatic carbocycles. The molecule has 22 heavy (non-hydrogen) atoms. The smallest absolute Gasteiger partial charge is 0.281 e. The van der Waals surface area contributed by atoms with Crippen molar-refractivity contribution in [3.05, 3.63) is 64.1 Å². The standard InChI is InChI=1S/C15H10Cl2N4O/c16-11-6-4-9(5-7-11)13-19-15(18)21(20-13)14(22)10-2-1-3-12(17)8-10/h1-8H,(H2,18,19,20). The SMILES string of the molecule is Nc1nc(-c2ccc(Cl)cc2)nn1C(=O)c1cccc(Cl)c1. The number of carbonyl (C=O) groups excluding carboxylic acids is 1. The molecule has 0 amide bonds. The van der Waals surface area contributed by atoms with Crippen LogP contribution >= 0.6 is 23.2 Å². The van der Waals surface area contributed by atoms with Gasteiger partial charge in [0.15, 0.2) is 5.82 Å². The Morgan fingerprint density at radius 1 is 1.05 bits per heavy atom. The van der Waals surface area contributed by atoms with Gasteiger partial charge in [0, 0.05) is 21.2 Å². The lowest BCUT2D eigenvalue weighted by Crippen LogP contribution is -2.16. The summed E-state index contributed by atoms with van der Waals surface area (Å²) in [5.74, 6) is -0.0350. The molecular formula is C15H10Cl2N4O. The van der Waals surface area contributed by atoms with E-state index in [1.165, 1.54) is 0 Å². The van der Waals surface area contributed by atoms with Crippen molar-refractivity contribution in [1.29, 1.82) is 0 Å². The molecule has 1 aromatic heterocycles. The van der Waals surface area contributed by atoms with E-state index in [9.17, 15) is 4.79 Å². The van der Waals surface area contributed by atoms with E-state index in [-0.39, 0.29) is 5.95 Å². The Morgan fingerprint density at radius 3 is 2.45 bits per heavy atom. The van der Waals surface area contributed by atoms with Crippen LogP contribution in [-0.2, 0) is 0 Å². The summed E-state index contributed by atoms with van der Waals surface area (Å²) < 4.78 is 1.05. The van der Waals surface area contributed by atoms with Crippen LogP contribution < -0.4 is 5.73 Å². The number of halogens is 2. The third-order valence-electron chi connectivity index (χ3n) is 3.00. The molecular weight excluding hydrogens is 323 g/mol. The van der Waals surface area contributed by atoms with Crippen LogP contribution in [-0.4, -0.2) is 20.7 Å². The molecule has 5 nitrogen and oxygen atoms in total. The summed E-state index contributed by atoms with van der Waals surface area (Å²) in [7, 11) is 0. The molecule has 110 valence electrons. The van der Waals surface area contributed by atoms with Crippen molar-refractivity contribution < 1.29 is 4.79 Å². The molecule has 3 rings (SSSR count). The van der Waals surface area contributed by atoms with Crippen LogP contribution in [0.1, 0.15) is 10.4 Å². The fourth-order valence-corrected chi connectivity index (χ4v) is 2.25. The van der Waals surface area contributed by atoms with Crippen molar-refractivity contribution in [3.8, 4) is 11.4 Å². The average Bonchev–Trinajstić information content (AvgIpc) is 2.89. The lowest BCUT2D eigenvalue weighted by Gasteiger charge is -2.01. The number of nitrogen functional groups attached to an aromatic ring is 1. The molecule has 0 atom stereocenters. The number of aromatic nitrogens is 3. The molecule has 0 bridgehead atoms. The first-order valence-corrected chi connectivity index (χ1v) is 7.09. The molecule has 0 unspecified atom stereocenters. The van der Waals surface area contributed by atoms with Crippen LogP contribution in [0.5, 0.6) is 0 Å². The van der Waals surface area contributed by atoms with Gasteiger partial charge in [-0.2, -0.15) is 9.67 Å². The highest BCUT2D eigenvalue weighted by atomic mass is 35.5. The lowest BCUT2D eigenvalue weighted by molar-refractivity contribution is 0.0948. The Balaban J connectivity index is 1.99. The maximum absolute atomic E-state index is 12.4. The summed E-state index contributed by atoms with van der Waals surface area (Å²) >= 11 is 11.7. The topological polar surface area (TPSA) is 73.8 Å². The third kappa shape index (κ3) is 2.81. The van der Waals surface area contributed by atoms with Gasteiger partial charge in [-0.3, -0.25) is 4.79 Å². The van der Waals surface area contributed by atoms with E-state index in [4.69, 9.17) is 28.9 Å². The first-order valence-electron chi connectivity index (χ1n) is 6.33. The van der Waals surface area contributed by atoms with Gasteiger partial charge in [0.1, 0.15) is 0 Å². The van der Waals surface area contributed by atoms with Gasteiger partial charge >= 0.3 is 0 Å². The van der Waals surface area contributed by atoms with Crippen molar-refractivity contribution >= 4 is 35.1 Å². The molecule has 0 radical (unpaired) electrons. The highest BCUT2D eigenvalue weighted by Gasteiger charge is 2.17. The van der Waals surface area contributed by atoms with E-state index < -0.39 is 5.91 Å². The highest BCUT2D eigenvalue weighted by molar-refractivity contribution is 6.31. The monoisotopic (exact) mass is 332 g/mol. The third-order valence-corrected chi connectivity index (χ3v) is 3.49. The summed E-state index contributed by atoms with van der Waals surface area (Å²) in [5.41, 5.74) is 6.89. The number of nitrogens with zero attached hydrogens (tertiary/aromatic N) is 3. The van der Waals surface area contributed by atoms with E-state index in [2.05, 4.69) is 10.1 Å². The normalized spacial score (nSPS) is 10.6. The largest absolute Gasteiger partial charge is 0.368 e. The lowest BCUT2D eigenvalue weighted by atomic mass is 10.2. The minimum absolute atomic E-state index is 0.00919. The van der Waals surface area contributed by atoms with E-state index in [0.29, 0.717) is 27.0 Å². The first kappa shape index (κ1) is 14.6. The zero-order valence-electron chi connectivity index (χ0n) is 11.2. The minimum atomic E-state index is -0.396. The minimum Gasteiger partial charge on any atom is -0.368 e. The summed E-state index contributed by atoms with van der Waals surface area (Å²) in [6.45, 7) is 0. The van der Waals surface area contributed by atoms with Gasteiger partial charge in [0.05, 0.1) is 0 Å². The maximum atomic E-state index is 12.4. The molecule has 7 heteroatoms. The molecule has 0 aliphatic rings. The number of hydrogen-bond acceptors (Lipinski definition) is 4. The van der Waals surface area contributed by atoms with Crippen LogP contribution in [0, 0.1) is 0 Å². The van der Waals surface area contributed by atoms with Crippen LogP contribution in [0.4, 0.5) is 5.95 Å². The molecule has 0 aliphatic heterocycles. The Hall–Kier alpha value is -2.37. The molecule has 2 N–H and O–H groups in total. The zero-order valence-corrected chi connectivity index (χ0v) is 12.7. The molecule has 0 saturated carbocycles. The second-order valence-electron chi connectivity index (χ2n) is 4.53. The van der Waals surface area contributed by atoms with Crippen molar-refractivity contribution in [3.63, 3.8) is 0 Å². The van der Waals surface area contributed by atoms with Crippen molar-refractivity contribution in [2.24, 2.45) is 0 Å². The summed E-state index contributed by atoms with van der Waals surface area (Å²) in [4.78, 5) is 16.5.